The fourth-order valence-corrected chi connectivity index (χ4v) is 6.99. The van der Waals surface area contributed by atoms with Gasteiger partial charge in [-0.2, -0.15) is 0 Å². The van der Waals surface area contributed by atoms with Crippen molar-refractivity contribution in [3.05, 3.63) is 138 Å². The van der Waals surface area contributed by atoms with E-state index in [-0.39, 0.29) is 48.8 Å². The Morgan fingerprint density at radius 3 is 2.10 bits per heavy atom. The highest BCUT2D eigenvalue weighted by Gasteiger charge is 2.37. The fraction of sp³-hybridized carbons (Fsp3) is 0.302. The molecule has 1 aliphatic heterocycles. The zero-order chi connectivity index (χ0) is 36.0. The molecule has 1 N–H and O–H groups in total. The summed E-state index contributed by atoms with van der Waals surface area (Å²) in [6.45, 7) is 8.60. The molecule has 0 aliphatic carbocycles. The first-order chi connectivity index (χ1) is 24.6. The Bertz CT molecular complexity index is 1920. The third kappa shape index (κ3) is 8.82. The number of carbonyl (C=O) groups excluding carboxylic acids is 2. The van der Waals surface area contributed by atoms with E-state index in [1.165, 1.54) is 12.1 Å². The summed E-state index contributed by atoms with van der Waals surface area (Å²) in [5.74, 6) is -1.84. The van der Waals surface area contributed by atoms with Crippen molar-refractivity contribution in [2.75, 3.05) is 5.32 Å². The molecule has 0 bridgehead atoms. The van der Waals surface area contributed by atoms with Gasteiger partial charge in [0.25, 0.3) is 5.91 Å². The van der Waals surface area contributed by atoms with Crippen LogP contribution in [0, 0.1) is 5.82 Å². The van der Waals surface area contributed by atoms with Crippen LogP contribution in [-0.4, -0.2) is 34.4 Å². The number of rotatable bonds is 12. The van der Waals surface area contributed by atoms with Crippen molar-refractivity contribution >= 4 is 17.6 Å². The molecule has 4 aromatic carbocycles. The summed E-state index contributed by atoms with van der Waals surface area (Å²) in [7, 11) is 0. The highest BCUT2D eigenvalue weighted by Crippen LogP contribution is 2.43. The summed E-state index contributed by atoms with van der Waals surface area (Å²) in [5, 5.41) is 3.13. The van der Waals surface area contributed by atoms with Crippen molar-refractivity contribution < 1.29 is 28.2 Å². The van der Waals surface area contributed by atoms with Gasteiger partial charge in [-0.3, -0.25) is 9.59 Å². The number of amides is 1. The molecule has 2 atom stereocenters. The largest absolute Gasteiger partial charge is 0.461 e. The standard InChI is InChI=1S/C43H45FN2O5/c1-29(2)40-39(42(48)45-34-18-12-7-13-19-34)38(31-16-10-6-11-17-31)41(32-20-22-33(44)23-21-32)46(40)25-24-35-26-36(51-43(3,4)50-35)27-37(47)49-28-30-14-8-5-9-15-30/h5-23,29,35-36H,24-28H2,1-4H3,(H,45,48)/t35-,36-/m1/s1. The Balaban J connectivity index is 1.35. The van der Waals surface area contributed by atoms with Crippen molar-refractivity contribution in [3.63, 3.8) is 0 Å². The Hall–Kier alpha value is -5.05. The Morgan fingerprint density at radius 1 is 0.843 bits per heavy atom. The van der Waals surface area contributed by atoms with Crippen LogP contribution < -0.4 is 5.32 Å². The van der Waals surface area contributed by atoms with Crippen LogP contribution in [0.25, 0.3) is 22.4 Å². The van der Waals surface area contributed by atoms with Crippen LogP contribution >= 0.6 is 0 Å². The van der Waals surface area contributed by atoms with Crippen LogP contribution in [0.2, 0.25) is 0 Å². The second-order valence-corrected chi connectivity index (χ2v) is 13.7. The van der Waals surface area contributed by atoms with E-state index in [0.29, 0.717) is 30.6 Å². The lowest BCUT2D eigenvalue weighted by atomic mass is 9.94. The van der Waals surface area contributed by atoms with Gasteiger partial charge in [0.15, 0.2) is 5.79 Å². The zero-order valence-corrected chi connectivity index (χ0v) is 29.6. The molecule has 0 spiro atoms. The van der Waals surface area contributed by atoms with E-state index in [1.54, 1.807) is 12.1 Å². The lowest BCUT2D eigenvalue weighted by Crippen LogP contribution is -2.45. The van der Waals surface area contributed by atoms with Crippen molar-refractivity contribution in [2.45, 2.75) is 84.0 Å². The van der Waals surface area contributed by atoms with Crippen LogP contribution in [0.5, 0.6) is 0 Å². The lowest BCUT2D eigenvalue weighted by molar-refractivity contribution is -0.300. The number of aromatic nitrogens is 1. The van der Waals surface area contributed by atoms with Crippen molar-refractivity contribution in [1.29, 1.82) is 0 Å². The number of ether oxygens (including phenoxy) is 3. The van der Waals surface area contributed by atoms with E-state index >= 15 is 0 Å². The zero-order valence-electron chi connectivity index (χ0n) is 29.6. The van der Waals surface area contributed by atoms with Gasteiger partial charge in [0.2, 0.25) is 0 Å². The normalized spacial score (nSPS) is 16.9. The second-order valence-electron chi connectivity index (χ2n) is 13.7. The average Bonchev–Trinajstić information content (AvgIpc) is 3.46. The number of carbonyl (C=O) groups is 2. The molecule has 5 aromatic rings. The quantitative estimate of drug-likeness (QED) is 0.132. The molecular formula is C43H45FN2O5. The molecule has 51 heavy (non-hydrogen) atoms. The van der Waals surface area contributed by atoms with E-state index in [4.69, 9.17) is 14.2 Å². The third-order valence-corrected chi connectivity index (χ3v) is 9.03. The molecule has 1 aromatic heterocycles. The van der Waals surface area contributed by atoms with Crippen molar-refractivity contribution in [1.82, 2.24) is 4.57 Å². The predicted molar refractivity (Wildman–Crippen MR) is 198 cm³/mol. The van der Waals surface area contributed by atoms with Gasteiger partial charge in [-0.05, 0) is 79.3 Å². The Labute approximate surface area is 299 Å². The summed E-state index contributed by atoms with van der Waals surface area (Å²) in [4.78, 5) is 27.3. The molecule has 264 valence electrons. The van der Waals surface area contributed by atoms with Gasteiger partial charge in [-0.25, -0.2) is 4.39 Å². The number of para-hydroxylation sites is 1. The van der Waals surface area contributed by atoms with Gasteiger partial charge in [0.1, 0.15) is 12.4 Å². The van der Waals surface area contributed by atoms with Crippen molar-refractivity contribution in [2.24, 2.45) is 0 Å². The summed E-state index contributed by atoms with van der Waals surface area (Å²) in [6.07, 6.45) is 0.560. The number of esters is 1. The predicted octanol–water partition coefficient (Wildman–Crippen LogP) is 9.77. The Morgan fingerprint density at radius 2 is 1.45 bits per heavy atom. The number of hydrogen-bond donors (Lipinski definition) is 1. The molecule has 1 fully saturated rings. The summed E-state index contributed by atoms with van der Waals surface area (Å²) >= 11 is 0. The minimum Gasteiger partial charge on any atom is -0.461 e. The number of anilines is 1. The maximum Gasteiger partial charge on any atom is 0.308 e. The van der Waals surface area contributed by atoms with Gasteiger partial charge in [0, 0.05) is 29.9 Å². The van der Waals surface area contributed by atoms with Crippen LogP contribution in [0.3, 0.4) is 0 Å². The number of halogens is 1. The first-order valence-electron chi connectivity index (χ1n) is 17.6. The van der Waals surface area contributed by atoms with E-state index in [0.717, 1.165) is 33.6 Å². The third-order valence-electron chi connectivity index (χ3n) is 9.03. The minimum absolute atomic E-state index is 0.0441. The maximum atomic E-state index is 14.4. The first kappa shape index (κ1) is 35.8. The molecular weight excluding hydrogens is 643 g/mol. The molecule has 2 heterocycles. The first-order valence-corrected chi connectivity index (χ1v) is 17.6. The van der Waals surface area contributed by atoms with E-state index < -0.39 is 5.79 Å². The van der Waals surface area contributed by atoms with Gasteiger partial charge in [-0.1, -0.05) is 92.7 Å². The van der Waals surface area contributed by atoms with E-state index in [1.807, 2.05) is 105 Å². The molecule has 1 saturated heterocycles. The summed E-state index contributed by atoms with van der Waals surface area (Å²) in [6, 6.07) is 35.3. The number of nitrogens with zero attached hydrogens (tertiary/aromatic N) is 1. The minimum atomic E-state index is -0.916. The summed E-state index contributed by atoms with van der Waals surface area (Å²) in [5.41, 5.74) is 6.35. The van der Waals surface area contributed by atoms with Gasteiger partial charge in [-0.15, -0.1) is 0 Å². The SMILES string of the molecule is CC(C)c1c(C(=O)Nc2ccccc2)c(-c2ccccc2)c(-c2ccc(F)cc2)n1CC[C@@H]1C[C@H](CC(=O)OCc2ccccc2)OC(C)(C)O1. The molecule has 0 unspecified atom stereocenters. The van der Waals surface area contributed by atoms with Crippen molar-refractivity contribution in [3.8, 4) is 22.4 Å². The van der Waals surface area contributed by atoms with E-state index in [2.05, 4.69) is 23.7 Å². The topological polar surface area (TPSA) is 78.8 Å². The van der Waals surface area contributed by atoms with Crippen LogP contribution in [-0.2, 0) is 32.2 Å². The fourth-order valence-electron chi connectivity index (χ4n) is 6.99. The van der Waals surface area contributed by atoms with Gasteiger partial charge >= 0.3 is 5.97 Å². The molecule has 6 rings (SSSR count). The number of benzene rings is 4. The maximum absolute atomic E-state index is 14.4. The molecule has 8 heteroatoms. The lowest BCUT2D eigenvalue weighted by Gasteiger charge is -2.40. The second kappa shape index (κ2) is 15.9. The van der Waals surface area contributed by atoms with Crippen LogP contribution in [0.4, 0.5) is 10.1 Å². The monoisotopic (exact) mass is 688 g/mol. The molecule has 1 amide bonds. The van der Waals surface area contributed by atoms with Crippen LogP contribution in [0.15, 0.2) is 115 Å². The molecule has 1 aliphatic rings. The van der Waals surface area contributed by atoms with E-state index in [9.17, 15) is 14.0 Å². The molecule has 7 nitrogen and oxygen atoms in total. The highest BCUT2D eigenvalue weighted by atomic mass is 19.1. The smallest absolute Gasteiger partial charge is 0.308 e. The Kier molecular flexibility index (Phi) is 11.1. The summed E-state index contributed by atoms with van der Waals surface area (Å²) < 4.78 is 34.7. The number of nitrogens with one attached hydrogen (secondary N) is 1. The van der Waals surface area contributed by atoms with Gasteiger partial charge in [0.05, 0.1) is 29.9 Å². The van der Waals surface area contributed by atoms with Gasteiger partial charge < -0.3 is 24.1 Å². The average molecular weight is 689 g/mol. The van der Waals surface area contributed by atoms with Crippen LogP contribution in [0.1, 0.15) is 74.5 Å². The molecule has 0 saturated carbocycles. The number of hydrogen-bond acceptors (Lipinski definition) is 5. The molecule has 0 radical (unpaired) electrons. The highest BCUT2D eigenvalue weighted by molar-refractivity contribution is 6.12.